The molecule has 0 aliphatic heterocycles. The number of sulfonamides is 1. The van der Waals surface area contributed by atoms with E-state index >= 15 is 0 Å². The summed E-state index contributed by atoms with van der Waals surface area (Å²) in [6, 6.07) is 18.2. The maximum atomic E-state index is 13.3. The van der Waals surface area contributed by atoms with Crippen LogP contribution in [-0.4, -0.2) is 26.6 Å². The highest BCUT2D eigenvalue weighted by Crippen LogP contribution is 2.27. The fraction of sp³-hybridized carbons (Fsp3) is 0.130. The van der Waals surface area contributed by atoms with Crippen molar-refractivity contribution in [2.24, 2.45) is 5.10 Å². The number of aryl methyl sites for hydroxylation is 1. The molecule has 0 unspecified atom stereocenters. The van der Waals surface area contributed by atoms with Gasteiger partial charge in [0.1, 0.15) is 12.4 Å². The van der Waals surface area contributed by atoms with Gasteiger partial charge < -0.3 is 0 Å². The molecule has 166 valence electrons. The number of hydrazone groups is 1. The Morgan fingerprint density at radius 1 is 1.06 bits per heavy atom. The van der Waals surface area contributed by atoms with Crippen molar-refractivity contribution in [2.45, 2.75) is 18.7 Å². The maximum Gasteiger partial charge on any atom is 0.264 e. The molecular weight excluding hydrogens is 453 g/mol. The van der Waals surface area contributed by atoms with Crippen LogP contribution in [0.2, 0.25) is 5.02 Å². The molecule has 0 bridgehead atoms. The molecule has 1 N–H and O–H groups in total. The fourth-order valence-electron chi connectivity index (χ4n) is 2.84. The average molecular weight is 474 g/mol. The van der Waals surface area contributed by atoms with Crippen molar-refractivity contribution >= 4 is 38.9 Å². The summed E-state index contributed by atoms with van der Waals surface area (Å²) in [7, 11) is -4.05. The van der Waals surface area contributed by atoms with Crippen molar-refractivity contribution in [3.63, 3.8) is 0 Å². The van der Waals surface area contributed by atoms with Gasteiger partial charge in [-0.15, -0.1) is 0 Å². The van der Waals surface area contributed by atoms with Gasteiger partial charge in [-0.05, 0) is 61.4 Å². The minimum Gasteiger partial charge on any atom is -0.271 e. The molecule has 0 saturated carbocycles. The normalized spacial score (nSPS) is 11.8. The molecule has 0 fully saturated rings. The van der Waals surface area contributed by atoms with Crippen LogP contribution in [0.15, 0.2) is 82.8 Å². The number of hydrogen-bond donors (Lipinski definition) is 1. The first kappa shape index (κ1) is 23.4. The Hall–Kier alpha value is -3.23. The van der Waals surface area contributed by atoms with Crippen LogP contribution >= 0.6 is 11.6 Å². The van der Waals surface area contributed by atoms with Gasteiger partial charge in [-0.25, -0.2) is 18.2 Å². The van der Waals surface area contributed by atoms with E-state index in [2.05, 4.69) is 10.5 Å². The second-order valence-electron chi connectivity index (χ2n) is 7.00. The van der Waals surface area contributed by atoms with Gasteiger partial charge >= 0.3 is 0 Å². The molecule has 9 heteroatoms. The predicted molar refractivity (Wildman–Crippen MR) is 124 cm³/mol. The zero-order valence-corrected chi connectivity index (χ0v) is 19.0. The molecule has 0 saturated heterocycles. The molecule has 0 aromatic heterocycles. The highest BCUT2D eigenvalue weighted by Gasteiger charge is 2.27. The van der Waals surface area contributed by atoms with Crippen LogP contribution in [0.1, 0.15) is 18.1 Å². The topological polar surface area (TPSA) is 78.8 Å². The average Bonchev–Trinajstić information content (AvgIpc) is 2.78. The summed E-state index contributed by atoms with van der Waals surface area (Å²) in [6.45, 7) is 2.92. The van der Waals surface area contributed by atoms with Crippen molar-refractivity contribution < 1.29 is 17.6 Å². The maximum absolute atomic E-state index is 13.3. The number of hydrogen-bond acceptors (Lipinski definition) is 4. The van der Waals surface area contributed by atoms with Crippen LogP contribution in [0, 0.1) is 12.7 Å². The van der Waals surface area contributed by atoms with Gasteiger partial charge in [0.15, 0.2) is 0 Å². The first-order chi connectivity index (χ1) is 15.2. The van der Waals surface area contributed by atoms with Crippen molar-refractivity contribution in [3.05, 3.63) is 94.8 Å². The summed E-state index contributed by atoms with van der Waals surface area (Å²) in [4.78, 5) is 12.7. The highest BCUT2D eigenvalue weighted by atomic mass is 35.5. The van der Waals surface area contributed by atoms with Crippen LogP contribution < -0.4 is 9.73 Å². The van der Waals surface area contributed by atoms with E-state index in [1.165, 1.54) is 42.5 Å². The van der Waals surface area contributed by atoms with Gasteiger partial charge in [0.25, 0.3) is 15.9 Å². The Bertz CT molecular complexity index is 1250. The van der Waals surface area contributed by atoms with Crippen LogP contribution in [0.4, 0.5) is 10.1 Å². The number of rotatable bonds is 7. The third-order valence-electron chi connectivity index (χ3n) is 4.67. The molecular formula is C23H21ClFN3O3S. The molecule has 3 aromatic rings. The molecule has 0 heterocycles. The lowest BCUT2D eigenvalue weighted by Crippen LogP contribution is -2.39. The third-order valence-corrected chi connectivity index (χ3v) is 6.87. The van der Waals surface area contributed by atoms with E-state index in [4.69, 9.17) is 11.6 Å². The van der Waals surface area contributed by atoms with Crippen molar-refractivity contribution in [1.29, 1.82) is 0 Å². The lowest BCUT2D eigenvalue weighted by atomic mass is 10.1. The third kappa shape index (κ3) is 5.52. The molecule has 0 radical (unpaired) electrons. The van der Waals surface area contributed by atoms with Crippen LogP contribution in [0.3, 0.4) is 0 Å². The molecule has 0 atom stereocenters. The number of anilines is 1. The number of carbonyl (C=O) groups is 1. The van der Waals surface area contributed by atoms with Crippen molar-refractivity contribution in [1.82, 2.24) is 5.43 Å². The monoisotopic (exact) mass is 473 g/mol. The Labute approximate surface area is 191 Å². The van der Waals surface area contributed by atoms with E-state index in [1.807, 2.05) is 0 Å². The summed E-state index contributed by atoms with van der Waals surface area (Å²) in [6.07, 6.45) is 0. The number of nitrogens with one attached hydrogen (secondary N) is 1. The predicted octanol–water partition coefficient (Wildman–Crippen LogP) is 4.52. The number of amides is 1. The fourth-order valence-corrected chi connectivity index (χ4v) is 4.45. The second-order valence-corrected chi connectivity index (χ2v) is 9.27. The summed E-state index contributed by atoms with van der Waals surface area (Å²) in [5.41, 5.74) is 4.44. The van der Waals surface area contributed by atoms with E-state index in [9.17, 15) is 17.6 Å². The highest BCUT2D eigenvalue weighted by molar-refractivity contribution is 7.92. The Morgan fingerprint density at radius 2 is 1.72 bits per heavy atom. The van der Waals surface area contributed by atoms with Gasteiger partial charge in [0, 0.05) is 5.02 Å². The largest absolute Gasteiger partial charge is 0.271 e. The Balaban J connectivity index is 1.88. The van der Waals surface area contributed by atoms with E-state index < -0.39 is 22.5 Å². The van der Waals surface area contributed by atoms with Gasteiger partial charge in [0.2, 0.25) is 0 Å². The Morgan fingerprint density at radius 3 is 2.34 bits per heavy atom. The van der Waals surface area contributed by atoms with E-state index in [0.717, 1.165) is 9.87 Å². The van der Waals surface area contributed by atoms with Gasteiger partial charge in [-0.2, -0.15) is 5.10 Å². The molecule has 3 rings (SSSR count). The number of carbonyl (C=O) groups excluding carboxylic acids is 1. The molecule has 1 amide bonds. The number of halogens is 2. The van der Waals surface area contributed by atoms with Gasteiger partial charge in [-0.1, -0.05) is 48.0 Å². The molecule has 0 spiro atoms. The SMILES string of the molecule is C/C(=N/NC(=O)CN(c1ccc(C)c(Cl)c1)S(=O)(=O)c1ccccc1)c1ccc(F)cc1. The van der Waals surface area contributed by atoms with E-state index in [1.54, 1.807) is 44.2 Å². The van der Waals surface area contributed by atoms with Crippen LogP contribution in [0.5, 0.6) is 0 Å². The van der Waals surface area contributed by atoms with Crippen molar-refractivity contribution in [3.8, 4) is 0 Å². The first-order valence-electron chi connectivity index (χ1n) is 9.61. The minimum atomic E-state index is -4.05. The second kappa shape index (κ2) is 9.93. The molecule has 32 heavy (non-hydrogen) atoms. The van der Waals surface area contributed by atoms with Crippen molar-refractivity contribution in [2.75, 3.05) is 10.8 Å². The van der Waals surface area contributed by atoms with Gasteiger partial charge in [0.05, 0.1) is 16.3 Å². The molecule has 0 aliphatic rings. The minimum absolute atomic E-state index is 0.0375. The summed E-state index contributed by atoms with van der Waals surface area (Å²) in [5.74, 6) is -1.04. The smallest absolute Gasteiger partial charge is 0.264 e. The quantitative estimate of drug-likeness (QED) is 0.404. The standard InChI is InChI=1S/C23H21ClFN3O3S/c1-16-8-13-20(14-22(16)24)28(32(30,31)21-6-4-3-5-7-21)15-23(29)27-26-17(2)18-9-11-19(25)12-10-18/h3-14H,15H2,1-2H3,(H,27,29)/b26-17-. The lowest BCUT2D eigenvalue weighted by Gasteiger charge is -2.24. The zero-order chi connectivity index (χ0) is 23.3. The Kier molecular flexibility index (Phi) is 7.27. The van der Waals surface area contributed by atoms with Gasteiger partial charge in [-0.3, -0.25) is 9.10 Å². The summed E-state index contributed by atoms with van der Waals surface area (Å²) in [5, 5.41) is 4.38. The summed E-state index contributed by atoms with van der Waals surface area (Å²) >= 11 is 6.20. The van der Waals surface area contributed by atoms with E-state index in [0.29, 0.717) is 16.3 Å². The van der Waals surface area contributed by atoms with Crippen LogP contribution in [-0.2, 0) is 14.8 Å². The number of benzene rings is 3. The molecule has 3 aromatic carbocycles. The zero-order valence-electron chi connectivity index (χ0n) is 17.4. The summed E-state index contributed by atoms with van der Waals surface area (Å²) < 4.78 is 40.6. The lowest BCUT2D eigenvalue weighted by molar-refractivity contribution is -0.119. The van der Waals surface area contributed by atoms with E-state index in [-0.39, 0.29) is 16.4 Å². The number of nitrogens with zero attached hydrogens (tertiary/aromatic N) is 2. The molecule has 6 nitrogen and oxygen atoms in total. The first-order valence-corrected chi connectivity index (χ1v) is 11.4. The van der Waals surface area contributed by atoms with Crippen LogP contribution in [0.25, 0.3) is 0 Å². The molecule has 0 aliphatic carbocycles.